The lowest BCUT2D eigenvalue weighted by atomic mass is 9.57. The smallest absolute Gasteiger partial charge is 0.152 e. The Bertz CT molecular complexity index is 323. The van der Waals surface area contributed by atoms with Gasteiger partial charge in [-0.05, 0) is 32.4 Å². The highest BCUT2D eigenvalue weighted by atomic mass is 16.4. The van der Waals surface area contributed by atoms with E-state index in [9.17, 15) is 20.1 Å². The maximum absolute atomic E-state index is 11.0. The third-order valence-electron chi connectivity index (χ3n) is 3.79. The van der Waals surface area contributed by atoms with Gasteiger partial charge < -0.3 is 15.3 Å². The van der Waals surface area contributed by atoms with E-state index in [2.05, 4.69) is 0 Å². The van der Waals surface area contributed by atoms with Crippen LogP contribution in [0.4, 0.5) is 0 Å². The van der Waals surface area contributed by atoms with E-state index >= 15 is 0 Å². The minimum atomic E-state index is -1.52. The zero-order valence-electron chi connectivity index (χ0n) is 10.9. The average Bonchev–Trinajstić information content (AvgIpc) is 2.09. The Morgan fingerprint density at radius 2 is 1.76 bits per heavy atom. The molecule has 1 fully saturated rings. The van der Waals surface area contributed by atoms with Gasteiger partial charge in [-0.15, -0.1) is 0 Å². The third kappa shape index (κ3) is 2.44. The number of hydrogen-bond donors (Lipinski definition) is 3. The van der Waals surface area contributed by atoms with Crippen molar-refractivity contribution < 1.29 is 20.1 Å². The molecule has 1 aliphatic rings. The summed E-state index contributed by atoms with van der Waals surface area (Å²) in [5.74, 6) is -0.184. The molecule has 0 aromatic rings. The molecule has 1 saturated carbocycles. The molecule has 0 unspecified atom stereocenters. The van der Waals surface area contributed by atoms with Gasteiger partial charge >= 0.3 is 0 Å². The van der Waals surface area contributed by atoms with Gasteiger partial charge in [-0.25, -0.2) is 0 Å². The molecule has 0 saturated heterocycles. The van der Waals surface area contributed by atoms with Gasteiger partial charge in [0, 0.05) is 11.8 Å². The first-order chi connectivity index (χ1) is 7.52. The molecule has 4 heteroatoms. The Labute approximate surface area is 102 Å². The van der Waals surface area contributed by atoms with E-state index in [0.717, 1.165) is 0 Å². The summed E-state index contributed by atoms with van der Waals surface area (Å²) in [6.45, 7) is 6.42. The number of rotatable bonds is 2. The van der Waals surface area contributed by atoms with Crippen molar-refractivity contribution in [2.75, 3.05) is 0 Å². The Hall–Kier alpha value is -0.710. The van der Waals surface area contributed by atoms with Crippen LogP contribution in [0.5, 0.6) is 0 Å². The van der Waals surface area contributed by atoms with Crippen LogP contribution in [0, 0.1) is 5.41 Å². The van der Waals surface area contributed by atoms with Crippen LogP contribution >= 0.6 is 0 Å². The fourth-order valence-corrected chi connectivity index (χ4v) is 2.80. The predicted octanol–water partition coefficient (Wildman–Crippen LogP) is 0.795. The van der Waals surface area contributed by atoms with Crippen LogP contribution in [0.1, 0.15) is 40.5 Å². The van der Waals surface area contributed by atoms with Crippen LogP contribution < -0.4 is 0 Å². The van der Waals surface area contributed by atoms with E-state index in [4.69, 9.17) is 0 Å². The van der Waals surface area contributed by atoms with Gasteiger partial charge in [-0.1, -0.05) is 13.8 Å². The molecular weight excluding hydrogens is 220 g/mol. The molecule has 0 bridgehead atoms. The number of aliphatic hydroxyl groups is 3. The van der Waals surface area contributed by atoms with Crippen LogP contribution in [-0.2, 0) is 4.79 Å². The standard InChI is InChI=1S/C13H22O4/c1-9(14)5-6-13(17)11(2,3)7-10(15)8-12(13,4)16/h5-6,10,15-17H,7-8H2,1-4H3/b6-5+/t10-,12+,13-/m0/s1. The zero-order valence-corrected chi connectivity index (χ0v) is 10.9. The van der Waals surface area contributed by atoms with Gasteiger partial charge in [0.15, 0.2) is 5.78 Å². The SMILES string of the molecule is CC(=O)/C=C/[C@]1(O)C(C)(C)C[C@H](O)C[C@@]1(C)O. The first-order valence-corrected chi connectivity index (χ1v) is 5.84. The minimum Gasteiger partial charge on any atom is -0.393 e. The number of aliphatic hydroxyl groups excluding tert-OH is 1. The molecule has 1 rings (SSSR count). The zero-order chi connectivity index (χ0) is 13.5. The molecule has 1 aliphatic carbocycles. The van der Waals surface area contributed by atoms with Gasteiger partial charge in [-0.2, -0.15) is 0 Å². The number of hydrogen-bond acceptors (Lipinski definition) is 4. The number of carbonyl (C=O) groups excluding carboxylic acids is 1. The van der Waals surface area contributed by atoms with Crippen LogP contribution in [0.2, 0.25) is 0 Å². The molecule has 4 nitrogen and oxygen atoms in total. The lowest BCUT2D eigenvalue weighted by Crippen LogP contribution is -2.65. The lowest BCUT2D eigenvalue weighted by Gasteiger charge is -2.54. The van der Waals surface area contributed by atoms with Gasteiger partial charge in [0.2, 0.25) is 0 Å². The Balaban J connectivity index is 3.19. The second-order valence-corrected chi connectivity index (χ2v) is 5.93. The van der Waals surface area contributed by atoms with E-state index in [-0.39, 0.29) is 12.2 Å². The average molecular weight is 242 g/mol. The van der Waals surface area contributed by atoms with E-state index < -0.39 is 22.7 Å². The van der Waals surface area contributed by atoms with Crippen molar-refractivity contribution in [1.82, 2.24) is 0 Å². The highest BCUT2D eigenvalue weighted by molar-refractivity contribution is 5.87. The Kier molecular flexibility index (Phi) is 3.54. The van der Waals surface area contributed by atoms with Crippen molar-refractivity contribution in [1.29, 1.82) is 0 Å². The van der Waals surface area contributed by atoms with Crippen molar-refractivity contribution in [3.8, 4) is 0 Å². The van der Waals surface area contributed by atoms with Crippen LogP contribution in [0.3, 0.4) is 0 Å². The lowest BCUT2D eigenvalue weighted by molar-refractivity contribution is -0.216. The molecule has 98 valence electrons. The molecule has 3 N–H and O–H groups in total. The summed E-state index contributed by atoms with van der Waals surface area (Å²) in [6.07, 6.45) is 2.46. The first kappa shape index (κ1) is 14.4. The first-order valence-electron chi connectivity index (χ1n) is 5.84. The van der Waals surface area contributed by atoms with Crippen molar-refractivity contribution >= 4 is 5.78 Å². The van der Waals surface area contributed by atoms with E-state index in [1.807, 2.05) is 0 Å². The van der Waals surface area contributed by atoms with Crippen molar-refractivity contribution in [3.05, 3.63) is 12.2 Å². The minimum absolute atomic E-state index is 0.0924. The van der Waals surface area contributed by atoms with Crippen LogP contribution in [-0.4, -0.2) is 38.4 Å². The van der Waals surface area contributed by atoms with Gasteiger partial charge in [-0.3, -0.25) is 4.79 Å². The summed E-state index contributed by atoms with van der Waals surface area (Å²) < 4.78 is 0. The molecule has 17 heavy (non-hydrogen) atoms. The second-order valence-electron chi connectivity index (χ2n) is 5.93. The molecule has 0 heterocycles. The fraction of sp³-hybridized carbons (Fsp3) is 0.769. The highest BCUT2D eigenvalue weighted by Crippen LogP contribution is 2.50. The monoisotopic (exact) mass is 242 g/mol. The summed E-state index contributed by atoms with van der Waals surface area (Å²) in [5, 5.41) is 30.8. The quantitative estimate of drug-likeness (QED) is 0.626. The topological polar surface area (TPSA) is 77.8 Å². The van der Waals surface area contributed by atoms with Crippen LogP contribution in [0.15, 0.2) is 12.2 Å². The molecular formula is C13H22O4. The summed E-state index contributed by atoms with van der Waals surface area (Å²) in [5.41, 5.74) is -3.69. The summed E-state index contributed by atoms with van der Waals surface area (Å²) in [6, 6.07) is 0. The summed E-state index contributed by atoms with van der Waals surface area (Å²) in [7, 11) is 0. The van der Waals surface area contributed by atoms with Gasteiger partial charge in [0.05, 0.1) is 11.7 Å². The Morgan fingerprint density at radius 3 is 2.18 bits per heavy atom. The molecule has 0 amide bonds. The van der Waals surface area contributed by atoms with E-state index in [1.165, 1.54) is 26.0 Å². The summed E-state index contributed by atoms with van der Waals surface area (Å²) >= 11 is 0. The maximum Gasteiger partial charge on any atom is 0.152 e. The predicted molar refractivity (Wildman–Crippen MR) is 64.4 cm³/mol. The van der Waals surface area contributed by atoms with Crippen molar-refractivity contribution in [3.63, 3.8) is 0 Å². The van der Waals surface area contributed by atoms with E-state index in [0.29, 0.717) is 6.42 Å². The largest absolute Gasteiger partial charge is 0.393 e. The second kappa shape index (κ2) is 4.19. The molecule has 0 aromatic heterocycles. The van der Waals surface area contributed by atoms with Crippen molar-refractivity contribution in [2.24, 2.45) is 5.41 Å². The number of allylic oxidation sites excluding steroid dienone is 1. The fourth-order valence-electron chi connectivity index (χ4n) is 2.80. The Morgan fingerprint density at radius 1 is 1.24 bits per heavy atom. The van der Waals surface area contributed by atoms with E-state index in [1.54, 1.807) is 13.8 Å². The number of carbonyl (C=O) groups is 1. The number of ketones is 1. The molecule has 0 aliphatic heterocycles. The molecule has 0 aromatic carbocycles. The third-order valence-corrected chi connectivity index (χ3v) is 3.79. The van der Waals surface area contributed by atoms with Crippen LogP contribution in [0.25, 0.3) is 0 Å². The van der Waals surface area contributed by atoms with Gasteiger partial charge in [0.25, 0.3) is 0 Å². The molecule has 0 radical (unpaired) electrons. The summed E-state index contributed by atoms with van der Waals surface area (Å²) in [4.78, 5) is 11.0. The normalized spacial score (nSPS) is 41.7. The van der Waals surface area contributed by atoms with Gasteiger partial charge in [0.1, 0.15) is 5.60 Å². The highest BCUT2D eigenvalue weighted by Gasteiger charge is 2.58. The maximum atomic E-state index is 11.0. The van der Waals surface area contributed by atoms with Crippen molar-refractivity contribution in [2.45, 2.75) is 57.8 Å². The molecule has 0 spiro atoms. The molecule has 3 atom stereocenters.